The van der Waals surface area contributed by atoms with Crippen molar-refractivity contribution in [3.8, 4) is 5.75 Å². The lowest BCUT2D eigenvalue weighted by Crippen LogP contribution is -2.08. The summed E-state index contributed by atoms with van der Waals surface area (Å²) in [5.74, 6) is 2.45. The first-order valence-electron chi connectivity index (χ1n) is 6.99. The standard InChI is InChI=1S/C14H19N5OS/c1-9-5-12(20-2)6-10(16-9)8-21-14-18-17-13(7-15)19(14)11-3-4-11/h5-6,11H,3-4,7-8,15H2,1-2H3. The second-order valence-electron chi connectivity index (χ2n) is 5.13. The van der Waals surface area contributed by atoms with Crippen LogP contribution >= 0.6 is 11.8 Å². The van der Waals surface area contributed by atoms with Gasteiger partial charge in [-0.05, 0) is 19.8 Å². The van der Waals surface area contributed by atoms with Crippen molar-refractivity contribution in [3.05, 3.63) is 29.3 Å². The Labute approximate surface area is 128 Å². The van der Waals surface area contributed by atoms with Crippen LogP contribution in [0.4, 0.5) is 0 Å². The van der Waals surface area contributed by atoms with Crippen molar-refractivity contribution in [2.75, 3.05) is 7.11 Å². The Morgan fingerprint density at radius 3 is 2.86 bits per heavy atom. The minimum Gasteiger partial charge on any atom is -0.497 e. The van der Waals surface area contributed by atoms with Gasteiger partial charge in [0.1, 0.15) is 11.6 Å². The van der Waals surface area contributed by atoms with Crippen LogP contribution in [0.25, 0.3) is 0 Å². The van der Waals surface area contributed by atoms with E-state index >= 15 is 0 Å². The topological polar surface area (TPSA) is 78.8 Å². The molecule has 1 aliphatic rings. The molecule has 0 bridgehead atoms. The number of rotatable bonds is 6. The average molecular weight is 305 g/mol. The third-order valence-corrected chi connectivity index (χ3v) is 4.37. The molecule has 0 aromatic carbocycles. The lowest BCUT2D eigenvalue weighted by Gasteiger charge is -2.08. The van der Waals surface area contributed by atoms with Crippen molar-refractivity contribution in [2.45, 2.75) is 43.3 Å². The molecule has 7 heteroatoms. The number of pyridine rings is 1. The van der Waals surface area contributed by atoms with Gasteiger partial charge in [-0.25, -0.2) is 0 Å². The van der Waals surface area contributed by atoms with Crippen LogP contribution in [-0.2, 0) is 12.3 Å². The van der Waals surface area contributed by atoms with Crippen LogP contribution in [0.15, 0.2) is 17.3 Å². The Morgan fingerprint density at radius 1 is 1.38 bits per heavy atom. The quantitative estimate of drug-likeness (QED) is 0.823. The van der Waals surface area contributed by atoms with Gasteiger partial charge >= 0.3 is 0 Å². The number of methoxy groups -OCH3 is 1. The first-order valence-corrected chi connectivity index (χ1v) is 7.98. The predicted molar refractivity (Wildman–Crippen MR) is 81.3 cm³/mol. The van der Waals surface area contributed by atoms with E-state index in [1.165, 1.54) is 12.8 Å². The fraction of sp³-hybridized carbons (Fsp3) is 0.500. The van der Waals surface area contributed by atoms with Gasteiger partial charge in [0, 0.05) is 29.6 Å². The summed E-state index contributed by atoms with van der Waals surface area (Å²) >= 11 is 1.65. The number of ether oxygens (including phenoxy) is 1. The number of nitrogens with two attached hydrogens (primary N) is 1. The molecule has 2 aromatic rings. The number of aryl methyl sites for hydroxylation is 1. The fourth-order valence-electron chi connectivity index (χ4n) is 2.28. The first-order chi connectivity index (χ1) is 10.2. The number of aromatic nitrogens is 4. The summed E-state index contributed by atoms with van der Waals surface area (Å²) in [5.41, 5.74) is 7.67. The van der Waals surface area contributed by atoms with E-state index < -0.39 is 0 Å². The molecule has 112 valence electrons. The van der Waals surface area contributed by atoms with Crippen molar-refractivity contribution in [1.82, 2.24) is 19.7 Å². The summed E-state index contributed by atoms with van der Waals surface area (Å²) < 4.78 is 7.46. The highest BCUT2D eigenvalue weighted by Gasteiger charge is 2.29. The first kappa shape index (κ1) is 14.3. The highest BCUT2D eigenvalue weighted by Crippen LogP contribution is 2.39. The van der Waals surface area contributed by atoms with Gasteiger partial charge in [0.15, 0.2) is 5.16 Å². The van der Waals surface area contributed by atoms with Crippen LogP contribution in [0.3, 0.4) is 0 Å². The van der Waals surface area contributed by atoms with Gasteiger partial charge in [0.2, 0.25) is 0 Å². The van der Waals surface area contributed by atoms with Gasteiger partial charge in [0.25, 0.3) is 0 Å². The van der Waals surface area contributed by atoms with E-state index in [1.54, 1.807) is 18.9 Å². The second-order valence-corrected chi connectivity index (χ2v) is 6.07. The van der Waals surface area contributed by atoms with E-state index in [4.69, 9.17) is 10.5 Å². The Bertz CT molecular complexity index is 638. The normalized spacial score (nSPS) is 14.4. The molecule has 0 radical (unpaired) electrons. The van der Waals surface area contributed by atoms with E-state index in [-0.39, 0.29) is 0 Å². The molecule has 1 saturated carbocycles. The number of thioether (sulfide) groups is 1. The molecule has 1 fully saturated rings. The summed E-state index contributed by atoms with van der Waals surface area (Å²) in [6.45, 7) is 2.40. The molecule has 2 heterocycles. The van der Waals surface area contributed by atoms with E-state index in [2.05, 4.69) is 19.7 Å². The third kappa shape index (κ3) is 3.19. The molecule has 2 aromatic heterocycles. The van der Waals surface area contributed by atoms with E-state index in [9.17, 15) is 0 Å². The highest BCUT2D eigenvalue weighted by molar-refractivity contribution is 7.98. The summed E-state index contributed by atoms with van der Waals surface area (Å²) in [4.78, 5) is 4.53. The second kappa shape index (κ2) is 6.03. The fourth-order valence-corrected chi connectivity index (χ4v) is 3.19. The summed E-state index contributed by atoms with van der Waals surface area (Å²) in [5, 5.41) is 9.38. The number of hydrogen-bond donors (Lipinski definition) is 1. The van der Waals surface area contributed by atoms with Crippen molar-refractivity contribution in [2.24, 2.45) is 5.73 Å². The minimum atomic E-state index is 0.431. The molecule has 2 N–H and O–H groups in total. The molecule has 0 unspecified atom stereocenters. The Morgan fingerprint density at radius 2 is 2.19 bits per heavy atom. The maximum absolute atomic E-state index is 5.73. The third-order valence-electron chi connectivity index (χ3n) is 3.39. The van der Waals surface area contributed by atoms with Crippen molar-refractivity contribution < 1.29 is 4.74 Å². The molecule has 3 rings (SSSR count). The molecule has 6 nitrogen and oxygen atoms in total. The molecular weight excluding hydrogens is 286 g/mol. The molecular formula is C14H19N5OS. The van der Waals surface area contributed by atoms with Crippen LogP contribution in [0, 0.1) is 6.92 Å². The van der Waals surface area contributed by atoms with E-state index in [0.29, 0.717) is 12.6 Å². The van der Waals surface area contributed by atoms with Gasteiger partial charge in [0.05, 0.1) is 19.3 Å². The zero-order valence-electron chi connectivity index (χ0n) is 12.2. The maximum atomic E-state index is 5.73. The minimum absolute atomic E-state index is 0.431. The van der Waals surface area contributed by atoms with Crippen molar-refractivity contribution >= 4 is 11.8 Å². The van der Waals surface area contributed by atoms with Crippen LogP contribution in [-0.4, -0.2) is 26.9 Å². The monoisotopic (exact) mass is 305 g/mol. The SMILES string of the molecule is COc1cc(C)nc(CSc2nnc(CN)n2C2CC2)c1. The van der Waals surface area contributed by atoms with E-state index in [1.807, 2.05) is 19.1 Å². The van der Waals surface area contributed by atoms with Crippen molar-refractivity contribution in [1.29, 1.82) is 0 Å². The number of nitrogens with zero attached hydrogens (tertiary/aromatic N) is 4. The molecule has 1 aliphatic carbocycles. The molecule has 0 atom stereocenters. The van der Waals surface area contributed by atoms with Gasteiger partial charge in [-0.15, -0.1) is 10.2 Å². The lowest BCUT2D eigenvalue weighted by atomic mass is 10.3. The average Bonchev–Trinajstić information content (AvgIpc) is 3.24. The molecule has 0 amide bonds. The largest absolute Gasteiger partial charge is 0.497 e. The van der Waals surface area contributed by atoms with E-state index in [0.717, 1.165) is 33.9 Å². The Balaban J connectivity index is 1.76. The van der Waals surface area contributed by atoms with Gasteiger partial charge < -0.3 is 15.0 Å². The van der Waals surface area contributed by atoms with Crippen LogP contribution in [0.5, 0.6) is 5.75 Å². The molecule has 0 saturated heterocycles. The zero-order valence-corrected chi connectivity index (χ0v) is 13.1. The van der Waals surface area contributed by atoms with Gasteiger partial charge in [-0.1, -0.05) is 11.8 Å². The number of hydrogen-bond acceptors (Lipinski definition) is 6. The molecule has 0 aliphatic heterocycles. The summed E-state index contributed by atoms with van der Waals surface area (Å²) in [6.07, 6.45) is 2.38. The Kier molecular flexibility index (Phi) is 4.12. The maximum Gasteiger partial charge on any atom is 0.191 e. The van der Waals surface area contributed by atoms with Crippen LogP contribution in [0.2, 0.25) is 0 Å². The van der Waals surface area contributed by atoms with Gasteiger partial charge in [-0.3, -0.25) is 4.98 Å². The van der Waals surface area contributed by atoms with Crippen molar-refractivity contribution in [3.63, 3.8) is 0 Å². The smallest absolute Gasteiger partial charge is 0.191 e. The zero-order chi connectivity index (χ0) is 14.8. The summed E-state index contributed by atoms with van der Waals surface area (Å²) in [7, 11) is 1.67. The molecule has 21 heavy (non-hydrogen) atoms. The lowest BCUT2D eigenvalue weighted by molar-refractivity contribution is 0.413. The Hall–Kier alpha value is -1.60. The van der Waals surface area contributed by atoms with Crippen LogP contribution < -0.4 is 10.5 Å². The van der Waals surface area contributed by atoms with Crippen LogP contribution in [0.1, 0.15) is 36.1 Å². The summed E-state index contributed by atoms with van der Waals surface area (Å²) in [6, 6.07) is 4.41. The van der Waals surface area contributed by atoms with Gasteiger partial charge in [-0.2, -0.15) is 0 Å². The predicted octanol–water partition coefficient (Wildman–Crippen LogP) is 2.08. The molecule has 0 spiro atoms. The highest BCUT2D eigenvalue weighted by atomic mass is 32.2.